The lowest BCUT2D eigenvalue weighted by Crippen LogP contribution is -2.58. The number of nitrogens with one attached hydrogen (secondary N) is 1. The summed E-state index contributed by atoms with van der Waals surface area (Å²) in [7, 11) is 8.11. The van der Waals surface area contributed by atoms with Crippen LogP contribution in [0.2, 0.25) is 0 Å². The minimum Gasteiger partial charge on any atom is -0.386 e. The first-order chi connectivity index (χ1) is 18.3. The molecule has 39 heavy (non-hydrogen) atoms. The fraction of sp³-hybridized carbons (Fsp3) is 1.00. The van der Waals surface area contributed by atoms with Crippen LogP contribution < -0.4 is 5.32 Å². The van der Waals surface area contributed by atoms with Gasteiger partial charge in [-0.3, -0.25) is 0 Å². The van der Waals surface area contributed by atoms with Crippen LogP contribution in [0, 0.1) is 23.2 Å². The van der Waals surface area contributed by atoms with Gasteiger partial charge in [0.25, 0.3) is 0 Å². The van der Waals surface area contributed by atoms with Crippen LogP contribution in [0.3, 0.4) is 0 Å². The monoisotopic (exact) mass is 555 g/mol. The van der Waals surface area contributed by atoms with Crippen molar-refractivity contribution in [1.82, 2.24) is 15.1 Å². The maximum absolute atomic E-state index is 11.3. The Labute approximate surface area is 239 Å². The highest BCUT2D eigenvalue weighted by Gasteiger charge is 2.47. The van der Waals surface area contributed by atoms with E-state index in [-0.39, 0.29) is 29.6 Å². The van der Waals surface area contributed by atoms with Gasteiger partial charge in [0.2, 0.25) is 0 Å². The molecule has 8 nitrogen and oxygen atoms in total. The summed E-state index contributed by atoms with van der Waals surface area (Å²) >= 11 is 0. The topological polar surface area (TPSA) is 75.7 Å². The van der Waals surface area contributed by atoms with E-state index in [1.807, 2.05) is 21.2 Å². The quantitative estimate of drug-likeness (QED) is 0.533. The van der Waals surface area contributed by atoms with Gasteiger partial charge in [-0.05, 0) is 103 Å². The molecule has 0 aromatic rings. The van der Waals surface area contributed by atoms with E-state index < -0.39 is 18.0 Å². The number of aliphatic hydroxyl groups is 1. The predicted octanol–water partition coefficient (Wildman–Crippen LogP) is 3.61. The van der Waals surface area contributed by atoms with Crippen LogP contribution in [0.5, 0.6) is 0 Å². The van der Waals surface area contributed by atoms with Gasteiger partial charge in [0.15, 0.2) is 6.29 Å². The highest BCUT2D eigenvalue weighted by Crippen LogP contribution is 2.39. The fourth-order valence-electron chi connectivity index (χ4n) is 7.72. The molecule has 3 aliphatic rings. The molecule has 3 saturated heterocycles. The normalized spacial score (nSPS) is 42.5. The van der Waals surface area contributed by atoms with Crippen molar-refractivity contribution >= 4 is 0 Å². The van der Waals surface area contributed by atoms with Crippen molar-refractivity contribution in [2.75, 3.05) is 61.1 Å². The number of hydrogen-bond acceptors (Lipinski definition) is 8. The molecule has 0 radical (unpaired) electrons. The molecule has 0 unspecified atom stereocenters. The van der Waals surface area contributed by atoms with E-state index in [0.29, 0.717) is 24.5 Å². The smallest absolute Gasteiger partial charge is 0.185 e. The van der Waals surface area contributed by atoms with E-state index >= 15 is 0 Å². The molecule has 3 heterocycles. The summed E-state index contributed by atoms with van der Waals surface area (Å²) in [5.74, 6) is 1.21. The molecule has 8 heteroatoms. The molecule has 0 spiro atoms. The Kier molecular flexibility index (Phi) is 12.1. The van der Waals surface area contributed by atoms with E-state index in [9.17, 15) is 5.11 Å². The van der Waals surface area contributed by atoms with Crippen molar-refractivity contribution < 1.29 is 24.1 Å². The van der Waals surface area contributed by atoms with Crippen LogP contribution in [0.25, 0.3) is 0 Å². The Balaban J connectivity index is 1.88. The van der Waals surface area contributed by atoms with Gasteiger partial charge in [-0.25, -0.2) is 0 Å². The summed E-state index contributed by atoms with van der Waals surface area (Å²) in [6.45, 7) is 18.1. The molecule has 230 valence electrons. The van der Waals surface area contributed by atoms with E-state index in [4.69, 9.17) is 18.9 Å². The molecule has 3 aliphatic heterocycles. The van der Waals surface area contributed by atoms with Gasteiger partial charge in [0.05, 0.1) is 31.0 Å². The van der Waals surface area contributed by atoms with Gasteiger partial charge in [0, 0.05) is 25.7 Å². The Bertz CT molecular complexity index is 733. The molecule has 0 bridgehead atoms. The minimum atomic E-state index is -0.722. The summed E-state index contributed by atoms with van der Waals surface area (Å²) < 4.78 is 26.0. The molecule has 3 rings (SSSR count). The van der Waals surface area contributed by atoms with Gasteiger partial charge in [-0.15, -0.1) is 0 Å². The summed E-state index contributed by atoms with van der Waals surface area (Å²) in [6, 6.07) is 0.404. The third kappa shape index (κ3) is 8.84. The Morgan fingerprint density at radius 2 is 1.72 bits per heavy atom. The second kappa shape index (κ2) is 14.2. The summed E-state index contributed by atoms with van der Waals surface area (Å²) in [4.78, 5) is 4.62. The number of nitrogens with zero attached hydrogens (tertiary/aromatic N) is 2. The molecule has 0 saturated carbocycles. The lowest BCUT2D eigenvalue weighted by Gasteiger charge is -2.47. The number of likely N-dealkylation sites (N-methyl/N-ethyl adjacent to an activating group) is 2. The van der Waals surface area contributed by atoms with Crippen LogP contribution in [-0.4, -0.2) is 118 Å². The zero-order valence-electron chi connectivity index (χ0n) is 26.7. The number of ether oxygens (including phenoxy) is 4. The predicted molar refractivity (Wildman–Crippen MR) is 157 cm³/mol. The molecule has 3 fully saturated rings. The number of piperidine rings is 1. The lowest BCUT2D eigenvalue weighted by atomic mass is 9.75. The van der Waals surface area contributed by atoms with Crippen LogP contribution in [0.15, 0.2) is 0 Å². The van der Waals surface area contributed by atoms with E-state index in [2.05, 4.69) is 63.7 Å². The van der Waals surface area contributed by atoms with Crippen LogP contribution in [0.4, 0.5) is 0 Å². The molecule has 0 aliphatic carbocycles. The Morgan fingerprint density at radius 1 is 1.05 bits per heavy atom. The van der Waals surface area contributed by atoms with Crippen molar-refractivity contribution in [3.05, 3.63) is 0 Å². The number of aliphatic hydroxyl groups excluding tert-OH is 1. The summed E-state index contributed by atoms with van der Waals surface area (Å²) in [5, 5.41) is 14.8. The van der Waals surface area contributed by atoms with Crippen molar-refractivity contribution in [2.45, 2.75) is 116 Å². The highest BCUT2D eigenvalue weighted by molar-refractivity contribution is 4.95. The lowest BCUT2D eigenvalue weighted by molar-refractivity contribution is -0.298. The molecule has 0 aromatic heterocycles. The highest BCUT2D eigenvalue weighted by atomic mass is 16.7. The molecular formula is C31H61N3O5. The standard InChI is InChI=1S/C31H61N3O5/c1-21-16-31(6,36-10)28(39-29-27(35)25(33(7)8)15-23(3)38-29)22(2)17-30(4,5)20-37-19-26(34(9)18-21)24-11-13-32-14-12-24/h21-29,32,35H,11-20H2,1-10H3/t21-,22-,23-,25+,26-,27-,28-,29+,31-/m1/s1. The first-order valence-electron chi connectivity index (χ1n) is 15.5. The molecule has 0 aromatic carbocycles. The third-order valence-electron chi connectivity index (χ3n) is 9.65. The van der Waals surface area contributed by atoms with Crippen molar-refractivity contribution in [3.8, 4) is 0 Å². The molecule has 0 amide bonds. The zero-order chi connectivity index (χ0) is 29.0. The average Bonchev–Trinajstić information content (AvgIpc) is 2.86. The van der Waals surface area contributed by atoms with Crippen LogP contribution in [0.1, 0.15) is 73.6 Å². The Morgan fingerprint density at radius 3 is 2.33 bits per heavy atom. The zero-order valence-corrected chi connectivity index (χ0v) is 26.7. The van der Waals surface area contributed by atoms with Gasteiger partial charge < -0.3 is 39.2 Å². The largest absolute Gasteiger partial charge is 0.386 e. The van der Waals surface area contributed by atoms with E-state index in [1.54, 1.807) is 0 Å². The van der Waals surface area contributed by atoms with E-state index in [0.717, 1.165) is 45.5 Å². The summed E-state index contributed by atoms with van der Waals surface area (Å²) in [6.07, 6.45) is 3.32. The third-order valence-corrected chi connectivity index (χ3v) is 9.65. The number of methoxy groups -OCH3 is 1. The maximum atomic E-state index is 11.3. The minimum absolute atomic E-state index is 0.00833. The molecule has 2 N–H and O–H groups in total. The Hall–Kier alpha value is -0.320. The molecular weight excluding hydrogens is 494 g/mol. The number of hydrogen-bond donors (Lipinski definition) is 2. The van der Waals surface area contributed by atoms with Crippen molar-refractivity contribution in [3.63, 3.8) is 0 Å². The van der Waals surface area contributed by atoms with Gasteiger partial charge >= 0.3 is 0 Å². The summed E-state index contributed by atoms with van der Waals surface area (Å²) in [5.41, 5.74) is -0.565. The van der Waals surface area contributed by atoms with Gasteiger partial charge in [-0.1, -0.05) is 27.7 Å². The fourth-order valence-corrected chi connectivity index (χ4v) is 7.72. The average molecular weight is 556 g/mol. The maximum Gasteiger partial charge on any atom is 0.185 e. The van der Waals surface area contributed by atoms with Gasteiger partial charge in [-0.2, -0.15) is 0 Å². The van der Waals surface area contributed by atoms with Crippen molar-refractivity contribution in [1.29, 1.82) is 0 Å². The second-order valence-corrected chi connectivity index (χ2v) is 14.4. The van der Waals surface area contributed by atoms with Gasteiger partial charge in [0.1, 0.15) is 6.10 Å². The second-order valence-electron chi connectivity index (χ2n) is 14.4. The molecule has 9 atom stereocenters. The number of rotatable bonds is 5. The SMILES string of the molecule is CO[C@]1(C)C[C@@H](C)CN(C)[C@@H](C2CCNCC2)COCC(C)(C)C[C@@H](C)[C@H]1O[C@@H]1O[C@H](C)C[C@H](N(C)C)[C@H]1O. The first-order valence-corrected chi connectivity index (χ1v) is 15.5. The van der Waals surface area contributed by atoms with Crippen LogP contribution in [-0.2, 0) is 18.9 Å². The van der Waals surface area contributed by atoms with Crippen LogP contribution >= 0.6 is 0 Å². The van der Waals surface area contributed by atoms with E-state index in [1.165, 1.54) is 12.8 Å². The van der Waals surface area contributed by atoms with Crippen molar-refractivity contribution in [2.24, 2.45) is 23.2 Å². The first kappa shape index (κ1) is 33.2.